The fraction of sp³-hybridized carbons (Fsp3) is 0.682. The van der Waals surface area contributed by atoms with Gasteiger partial charge in [-0.05, 0) is 38.2 Å². The summed E-state index contributed by atoms with van der Waals surface area (Å²) in [7, 11) is 0. The number of para-hydroxylation sites is 1. The first-order chi connectivity index (χ1) is 13.1. The Kier molecular flexibility index (Phi) is 5.31. The lowest BCUT2D eigenvalue weighted by molar-refractivity contribution is -0.106. The maximum atomic E-state index is 6.03. The summed E-state index contributed by atoms with van der Waals surface area (Å²) in [5, 5.41) is 7.09. The van der Waals surface area contributed by atoms with Crippen LogP contribution in [0.1, 0.15) is 45.6 Å². The largest absolute Gasteiger partial charge is 0.493 e. The molecule has 5 heteroatoms. The molecule has 0 aromatic heterocycles. The Morgan fingerprint density at radius 3 is 2.85 bits per heavy atom. The fourth-order valence-electron chi connectivity index (χ4n) is 4.52. The van der Waals surface area contributed by atoms with Crippen molar-refractivity contribution in [2.24, 2.45) is 22.2 Å². The van der Waals surface area contributed by atoms with Gasteiger partial charge in [0.1, 0.15) is 5.75 Å². The number of fused-ring (bicyclic) bond motifs is 1. The zero-order chi connectivity index (χ0) is 18.9. The first-order valence-corrected chi connectivity index (χ1v) is 10.5. The van der Waals surface area contributed by atoms with Crippen LogP contribution in [0, 0.1) is 17.3 Å². The third kappa shape index (κ3) is 3.93. The number of nitrogens with one attached hydrogen (secondary N) is 2. The lowest BCUT2D eigenvalue weighted by Gasteiger charge is -2.54. The average molecular weight is 372 g/mol. The van der Waals surface area contributed by atoms with E-state index in [0.29, 0.717) is 24.6 Å². The normalized spacial score (nSPS) is 29.0. The zero-order valence-corrected chi connectivity index (χ0v) is 16.8. The molecule has 0 amide bonds. The van der Waals surface area contributed by atoms with Gasteiger partial charge in [-0.3, -0.25) is 0 Å². The highest BCUT2D eigenvalue weighted by Crippen LogP contribution is 2.52. The lowest BCUT2D eigenvalue weighted by Crippen LogP contribution is -2.67. The van der Waals surface area contributed by atoms with E-state index < -0.39 is 0 Å². The van der Waals surface area contributed by atoms with Crippen molar-refractivity contribution >= 4 is 5.96 Å². The van der Waals surface area contributed by atoms with Crippen LogP contribution in [0.25, 0.3) is 0 Å². The van der Waals surface area contributed by atoms with Crippen LogP contribution in [0.4, 0.5) is 0 Å². The van der Waals surface area contributed by atoms with Gasteiger partial charge in [0.05, 0.1) is 19.3 Å². The third-order valence-electron chi connectivity index (χ3n) is 6.29. The molecule has 3 fully saturated rings. The van der Waals surface area contributed by atoms with Crippen LogP contribution in [0.5, 0.6) is 5.75 Å². The molecule has 27 heavy (non-hydrogen) atoms. The van der Waals surface area contributed by atoms with Crippen molar-refractivity contribution < 1.29 is 9.47 Å². The third-order valence-corrected chi connectivity index (χ3v) is 6.29. The molecule has 1 aliphatic heterocycles. The molecule has 3 unspecified atom stereocenters. The quantitative estimate of drug-likeness (QED) is 0.570. The van der Waals surface area contributed by atoms with Crippen LogP contribution in [0.15, 0.2) is 29.3 Å². The minimum atomic E-state index is 0.142. The second kappa shape index (κ2) is 7.70. The molecule has 1 aromatic carbocycles. The molecule has 2 saturated carbocycles. The standard InChI is InChI=1S/C22H33N3O2/c1-4-23-21(25-19-17-11-12-26-20(17)22(19,2)3)24-13-16-7-5-6-8-18(16)27-14-15-9-10-15/h5-8,15,17,19-20H,4,9-14H2,1-3H3,(H2,23,24,25). The number of hydrogen-bond acceptors (Lipinski definition) is 3. The van der Waals surface area contributed by atoms with Gasteiger partial charge in [0.15, 0.2) is 5.96 Å². The van der Waals surface area contributed by atoms with Gasteiger partial charge in [-0.25, -0.2) is 4.99 Å². The first-order valence-electron chi connectivity index (χ1n) is 10.5. The zero-order valence-electron chi connectivity index (χ0n) is 16.8. The summed E-state index contributed by atoms with van der Waals surface area (Å²) in [5.41, 5.74) is 1.29. The molecule has 4 rings (SSSR count). The molecule has 0 spiro atoms. The van der Waals surface area contributed by atoms with E-state index in [1.54, 1.807) is 0 Å². The highest BCUT2D eigenvalue weighted by molar-refractivity contribution is 5.80. The van der Waals surface area contributed by atoms with Gasteiger partial charge >= 0.3 is 0 Å². The monoisotopic (exact) mass is 371 g/mol. The van der Waals surface area contributed by atoms with Crippen LogP contribution >= 0.6 is 0 Å². The lowest BCUT2D eigenvalue weighted by atomic mass is 9.57. The second-order valence-corrected chi connectivity index (χ2v) is 8.74. The molecule has 0 bridgehead atoms. The highest BCUT2D eigenvalue weighted by atomic mass is 16.5. The summed E-state index contributed by atoms with van der Waals surface area (Å²) in [6.45, 7) is 9.88. The van der Waals surface area contributed by atoms with E-state index in [2.05, 4.69) is 49.6 Å². The molecule has 1 aromatic rings. The van der Waals surface area contributed by atoms with Gasteiger partial charge in [-0.1, -0.05) is 32.0 Å². The summed E-state index contributed by atoms with van der Waals surface area (Å²) < 4.78 is 11.9. The van der Waals surface area contributed by atoms with Crippen molar-refractivity contribution in [3.05, 3.63) is 29.8 Å². The predicted octanol–water partition coefficient (Wildman–Crippen LogP) is 3.34. The first kappa shape index (κ1) is 18.6. The van der Waals surface area contributed by atoms with Crippen molar-refractivity contribution in [1.29, 1.82) is 0 Å². The number of hydrogen-bond donors (Lipinski definition) is 2. The molecule has 148 valence electrons. The Morgan fingerprint density at radius 2 is 2.07 bits per heavy atom. The van der Waals surface area contributed by atoms with Gasteiger partial charge in [-0.2, -0.15) is 0 Å². The molecule has 3 atom stereocenters. The topological polar surface area (TPSA) is 54.9 Å². The summed E-state index contributed by atoms with van der Waals surface area (Å²) >= 11 is 0. The molecule has 0 radical (unpaired) electrons. The van der Waals surface area contributed by atoms with Crippen LogP contribution < -0.4 is 15.4 Å². The molecule has 5 nitrogen and oxygen atoms in total. The second-order valence-electron chi connectivity index (χ2n) is 8.74. The van der Waals surface area contributed by atoms with E-state index >= 15 is 0 Å². The summed E-state index contributed by atoms with van der Waals surface area (Å²) in [6, 6.07) is 8.68. The molecule has 2 aliphatic carbocycles. The Balaban J connectivity index is 1.42. The maximum absolute atomic E-state index is 6.03. The molecular formula is C22H33N3O2. The molecule has 3 aliphatic rings. The van der Waals surface area contributed by atoms with Crippen LogP contribution in [0.2, 0.25) is 0 Å². The average Bonchev–Trinajstić information content (AvgIpc) is 3.38. The molecule has 1 heterocycles. The minimum absolute atomic E-state index is 0.142. The van der Waals surface area contributed by atoms with Crippen LogP contribution in [-0.4, -0.2) is 37.9 Å². The Bertz CT molecular complexity index is 684. The summed E-state index contributed by atoms with van der Waals surface area (Å²) in [6.07, 6.45) is 4.13. The van der Waals surface area contributed by atoms with E-state index in [9.17, 15) is 0 Å². The van der Waals surface area contributed by atoms with Crippen LogP contribution in [0.3, 0.4) is 0 Å². The van der Waals surface area contributed by atoms with Crippen molar-refractivity contribution in [3.8, 4) is 5.75 Å². The number of benzene rings is 1. The van der Waals surface area contributed by atoms with Crippen molar-refractivity contribution in [1.82, 2.24) is 10.6 Å². The SMILES string of the molecule is CCNC(=NCc1ccccc1OCC1CC1)NC1C2CCOC2C1(C)C. The van der Waals surface area contributed by atoms with E-state index in [0.717, 1.165) is 49.4 Å². The summed E-state index contributed by atoms with van der Waals surface area (Å²) in [5.74, 6) is 3.20. The number of guanidine groups is 1. The summed E-state index contributed by atoms with van der Waals surface area (Å²) in [4.78, 5) is 4.86. The number of ether oxygens (including phenoxy) is 2. The Hall–Kier alpha value is -1.75. The molecular weight excluding hydrogens is 338 g/mol. The molecule has 2 N–H and O–H groups in total. The predicted molar refractivity (Wildman–Crippen MR) is 108 cm³/mol. The van der Waals surface area contributed by atoms with Crippen molar-refractivity contribution in [2.75, 3.05) is 19.8 Å². The minimum Gasteiger partial charge on any atom is -0.493 e. The van der Waals surface area contributed by atoms with Gasteiger partial charge in [0.2, 0.25) is 0 Å². The number of nitrogens with zero attached hydrogens (tertiary/aromatic N) is 1. The highest BCUT2D eigenvalue weighted by Gasteiger charge is 2.59. The Morgan fingerprint density at radius 1 is 1.26 bits per heavy atom. The fourth-order valence-corrected chi connectivity index (χ4v) is 4.52. The number of rotatable bonds is 7. The van der Waals surface area contributed by atoms with E-state index in [4.69, 9.17) is 14.5 Å². The van der Waals surface area contributed by atoms with Crippen molar-refractivity contribution in [3.63, 3.8) is 0 Å². The van der Waals surface area contributed by atoms with E-state index in [1.165, 1.54) is 12.8 Å². The van der Waals surface area contributed by atoms with Crippen molar-refractivity contribution in [2.45, 2.75) is 58.7 Å². The van der Waals surface area contributed by atoms with Gasteiger partial charge in [0.25, 0.3) is 0 Å². The van der Waals surface area contributed by atoms with Gasteiger partial charge in [-0.15, -0.1) is 0 Å². The van der Waals surface area contributed by atoms with E-state index in [1.807, 2.05) is 6.07 Å². The van der Waals surface area contributed by atoms with Crippen LogP contribution in [-0.2, 0) is 11.3 Å². The molecule has 1 saturated heterocycles. The van der Waals surface area contributed by atoms with Gasteiger partial charge in [0, 0.05) is 36.1 Å². The Labute approximate surface area is 162 Å². The smallest absolute Gasteiger partial charge is 0.191 e. The van der Waals surface area contributed by atoms with E-state index in [-0.39, 0.29) is 5.41 Å². The number of aliphatic imine (C=N–C) groups is 1. The van der Waals surface area contributed by atoms with Gasteiger partial charge < -0.3 is 20.1 Å². The maximum Gasteiger partial charge on any atom is 0.191 e.